The van der Waals surface area contributed by atoms with Crippen LogP contribution >= 0.6 is 0 Å². The molecule has 258 valence electrons. The number of anilines is 1. The van der Waals surface area contributed by atoms with Gasteiger partial charge < -0.3 is 36.3 Å². The summed E-state index contributed by atoms with van der Waals surface area (Å²) in [5.74, 6) is -0.365. The van der Waals surface area contributed by atoms with Gasteiger partial charge in [0.05, 0.1) is 12.1 Å². The first kappa shape index (κ1) is 36.3. The number of carbonyl (C=O) groups excluding carboxylic acids is 3. The molecule has 2 aromatic heterocycles. The number of alkyl carbamates (subject to hydrolysis) is 2. The predicted octanol–water partition coefficient (Wildman–Crippen LogP) is 4.33. The van der Waals surface area contributed by atoms with Crippen LogP contribution in [-0.2, 0) is 40.3 Å². The van der Waals surface area contributed by atoms with Crippen molar-refractivity contribution < 1.29 is 29.0 Å². The van der Waals surface area contributed by atoms with E-state index in [4.69, 9.17) is 15.2 Å². The van der Waals surface area contributed by atoms with E-state index in [2.05, 4.69) is 25.9 Å². The first-order valence-electron chi connectivity index (χ1n) is 16.2. The molecule has 0 radical (unpaired) electrons. The lowest BCUT2D eigenvalue weighted by Gasteiger charge is -2.30. The molecule has 3 amide bonds. The number of pyridine rings is 2. The van der Waals surface area contributed by atoms with Crippen molar-refractivity contribution in [2.24, 2.45) is 5.92 Å². The highest BCUT2D eigenvalue weighted by Gasteiger charge is 2.30. The molecular weight excluding hydrogens is 624 g/mol. The van der Waals surface area contributed by atoms with Gasteiger partial charge >= 0.3 is 12.2 Å². The SMILES string of the molecule is CC(C)[C@H](NC(=O)OCc1ccc(N)nc1)C(=O)N[C@@H](Cc1ccccc1)C[C@H](O)[C@H](Cc1ccccc1)NC(=O)OCc1cccnc1. The van der Waals surface area contributed by atoms with Crippen LogP contribution in [0.15, 0.2) is 104 Å². The number of hydrogen-bond acceptors (Lipinski definition) is 9. The molecule has 0 fully saturated rings. The number of benzene rings is 2. The molecule has 2 heterocycles. The lowest BCUT2D eigenvalue weighted by molar-refractivity contribution is -0.125. The molecule has 0 spiro atoms. The van der Waals surface area contributed by atoms with Crippen molar-refractivity contribution in [1.29, 1.82) is 0 Å². The van der Waals surface area contributed by atoms with Crippen LogP contribution in [0.25, 0.3) is 0 Å². The fourth-order valence-corrected chi connectivity index (χ4v) is 5.19. The zero-order valence-corrected chi connectivity index (χ0v) is 27.7. The van der Waals surface area contributed by atoms with Gasteiger partial charge in [-0.2, -0.15) is 0 Å². The monoisotopic (exact) mass is 668 g/mol. The minimum absolute atomic E-state index is 0.0173. The molecule has 12 heteroatoms. The quantitative estimate of drug-likeness (QED) is 0.116. The Balaban J connectivity index is 1.45. The van der Waals surface area contributed by atoms with E-state index in [-0.39, 0.29) is 25.6 Å². The minimum atomic E-state index is -1.08. The first-order valence-corrected chi connectivity index (χ1v) is 16.2. The Morgan fingerprint density at radius 2 is 1.33 bits per heavy atom. The molecule has 12 nitrogen and oxygen atoms in total. The average molecular weight is 669 g/mol. The van der Waals surface area contributed by atoms with Crippen molar-refractivity contribution in [1.82, 2.24) is 25.9 Å². The van der Waals surface area contributed by atoms with E-state index >= 15 is 0 Å². The Hall–Kier alpha value is -5.49. The summed E-state index contributed by atoms with van der Waals surface area (Å²) in [6.45, 7) is 3.59. The highest BCUT2D eigenvalue weighted by atomic mass is 16.6. The fraction of sp³-hybridized carbons (Fsp3) is 0.324. The standard InChI is InChI=1S/C37H44N6O6/c1-25(2)34(43-37(47)49-24-29-15-16-33(38)40-22-29)35(45)41-30(18-26-10-5-3-6-11-26)20-32(44)31(19-27-12-7-4-8-13-27)42-36(46)48-23-28-14-9-17-39-21-28/h3-17,21-22,25,30-32,34,44H,18-20,23-24H2,1-2H3,(H2,38,40)(H,41,45)(H,42,46)(H,43,47)/t30-,31-,32-,34-/m0/s1. The van der Waals surface area contributed by atoms with Crippen LogP contribution in [0.5, 0.6) is 0 Å². The highest BCUT2D eigenvalue weighted by Crippen LogP contribution is 2.16. The van der Waals surface area contributed by atoms with Crippen molar-refractivity contribution in [3.8, 4) is 0 Å². The maximum absolute atomic E-state index is 13.7. The summed E-state index contributed by atoms with van der Waals surface area (Å²) in [5, 5.41) is 20.2. The number of carbonyl (C=O) groups is 3. The molecule has 0 unspecified atom stereocenters. The van der Waals surface area contributed by atoms with Gasteiger partial charge in [0.2, 0.25) is 5.91 Å². The number of nitrogens with zero attached hydrogens (tertiary/aromatic N) is 2. The maximum Gasteiger partial charge on any atom is 0.408 e. The molecule has 0 aliphatic rings. The van der Waals surface area contributed by atoms with Gasteiger partial charge in [-0.1, -0.05) is 86.6 Å². The second-order valence-electron chi connectivity index (χ2n) is 12.1. The van der Waals surface area contributed by atoms with Crippen molar-refractivity contribution in [3.63, 3.8) is 0 Å². The number of aromatic nitrogens is 2. The smallest absolute Gasteiger partial charge is 0.408 e. The first-order chi connectivity index (χ1) is 23.7. The topological polar surface area (TPSA) is 178 Å². The molecular formula is C37H44N6O6. The fourth-order valence-electron chi connectivity index (χ4n) is 5.19. The normalized spacial score (nSPS) is 13.4. The molecule has 2 aromatic carbocycles. The third-order valence-electron chi connectivity index (χ3n) is 7.80. The maximum atomic E-state index is 13.7. The van der Waals surface area contributed by atoms with E-state index in [0.717, 1.165) is 16.7 Å². The largest absolute Gasteiger partial charge is 0.445 e. The zero-order chi connectivity index (χ0) is 35.0. The summed E-state index contributed by atoms with van der Waals surface area (Å²) in [5.41, 5.74) is 8.83. The molecule has 0 aliphatic heterocycles. The van der Waals surface area contributed by atoms with Gasteiger partial charge in [0.15, 0.2) is 0 Å². The highest BCUT2D eigenvalue weighted by molar-refractivity contribution is 5.86. The number of aliphatic hydroxyl groups is 1. The third kappa shape index (κ3) is 12.6. The van der Waals surface area contributed by atoms with Crippen molar-refractivity contribution in [3.05, 3.63) is 126 Å². The average Bonchev–Trinajstić information content (AvgIpc) is 3.10. The van der Waals surface area contributed by atoms with E-state index in [9.17, 15) is 19.5 Å². The van der Waals surface area contributed by atoms with Crippen LogP contribution in [-0.4, -0.2) is 57.4 Å². The Morgan fingerprint density at radius 3 is 1.90 bits per heavy atom. The Bertz CT molecular complexity index is 1590. The van der Waals surface area contributed by atoms with Gasteiger partial charge in [-0.3, -0.25) is 9.78 Å². The van der Waals surface area contributed by atoms with E-state index in [1.54, 1.807) is 36.7 Å². The van der Waals surface area contributed by atoms with Gasteiger partial charge in [0, 0.05) is 35.8 Å². The van der Waals surface area contributed by atoms with Crippen LogP contribution in [0.1, 0.15) is 42.5 Å². The summed E-state index contributed by atoms with van der Waals surface area (Å²) in [4.78, 5) is 47.3. The number of nitrogen functional groups attached to an aromatic ring is 1. The number of nitrogens with two attached hydrogens (primary N) is 1. The molecule has 49 heavy (non-hydrogen) atoms. The number of hydrogen-bond donors (Lipinski definition) is 5. The van der Waals surface area contributed by atoms with Crippen LogP contribution in [0.2, 0.25) is 0 Å². The van der Waals surface area contributed by atoms with E-state index in [0.29, 0.717) is 24.2 Å². The number of nitrogens with one attached hydrogen (secondary N) is 3. The van der Waals surface area contributed by atoms with Crippen molar-refractivity contribution in [2.45, 2.75) is 70.6 Å². The second kappa shape index (κ2) is 18.7. The van der Waals surface area contributed by atoms with Gasteiger partial charge in [-0.05, 0) is 48.4 Å². The molecule has 0 saturated heterocycles. The zero-order valence-electron chi connectivity index (χ0n) is 27.7. The Morgan fingerprint density at radius 1 is 0.735 bits per heavy atom. The summed E-state index contributed by atoms with van der Waals surface area (Å²) in [6.07, 6.45) is 3.03. The molecule has 4 aromatic rings. The molecule has 0 bridgehead atoms. The van der Waals surface area contributed by atoms with Crippen LogP contribution in [0.4, 0.5) is 15.4 Å². The number of amides is 3. The molecule has 4 rings (SSSR count). The second-order valence-corrected chi connectivity index (χ2v) is 12.1. The molecule has 0 saturated carbocycles. The van der Waals surface area contributed by atoms with E-state index in [1.807, 2.05) is 74.5 Å². The van der Waals surface area contributed by atoms with Gasteiger partial charge in [-0.15, -0.1) is 0 Å². The lowest BCUT2D eigenvalue weighted by atomic mass is 9.93. The summed E-state index contributed by atoms with van der Waals surface area (Å²) >= 11 is 0. The minimum Gasteiger partial charge on any atom is -0.445 e. The van der Waals surface area contributed by atoms with Gasteiger partial charge in [0.25, 0.3) is 0 Å². The molecule has 0 aliphatic carbocycles. The summed E-state index contributed by atoms with van der Waals surface area (Å²) in [6, 6.07) is 23.7. The van der Waals surface area contributed by atoms with E-state index in [1.165, 1.54) is 6.20 Å². The third-order valence-corrected chi connectivity index (χ3v) is 7.80. The Labute approximate surface area is 286 Å². The summed E-state index contributed by atoms with van der Waals surface area (Å²) < 4.78 is 10.8. The lowest BCUT2D eigenvalue weighted by Crippen LogP contribution is -2.54. The molecule has 6 N–H and O–H groups in total. The van der Waals surface area contributed by atoms with Crippen molar-refractivity contribution >= 4 is 23.9 Å². The van der Waals surface area contributed by atoms with Gasteiger partial charge in [0.1, 0.15) is 25.1 Å². The predicted molar refractivity (Wildman–Crippen MR) is 185 cm³/mol. The Kier molecular flexibility index (Phi) is 13.9. The van der Waals surface area contributed by atoms with Crippen LogP contribution in [0, 0.1) is 5.92 Å². The van der Waals surface area contributed by atoms with E-state index < -0.39 is 42.3 Å². The summed E-state index contributed by atoms with van der Waals surface area (Å²) in [7, 11) is 0. The van der Waals surface area contributed by atoms with Crippen molar-refractivity contribution in [2.75, 3.05) is 5.73 Å². The van der Waals surface area contributed by atoms with Crippen LogP contribution < -0.4 is 21.7 Å². The number of rotatable bonds is 16. The molecule has 4 atom stereocenters. The van der Waals surface area contributed by atoms with Crippen LogP contribution in [0.3, 0.4) is 0 Å². The number of ether oxygens (including phenoxy) is 2. The van der Waals surface area contributed by atoms with Gasteiger partial charge in [-0.25, -0.2) is 14.6 Å². The number of aliphatic hydroxyl groups excluding tert-OH is 1.